The maximum atomic E-state index is 12.2. The summed E-state index contributed by atoms with van der Waals surface area (Å²) in [6, 6.07) is 5.80. The molecule has 0 aliphatic rings. The Morgan fingerprint density at radius 2 is 2.10 bits per heavy atom. The summed E-state index contributed by atoms with van der Waals surface area (Å²) in [4.78, 5) is 26.3. The Hall–Kier alpha value is -2.48. The van der Waals surface area contributed by atoms with Gasteiger partial charge in [0.05, 0.1) is 16.2 Å². The molecular weight excluding hydrogens is 340 g/mol. The summed E-state index contributed by atoms with van der Waals surface area (Å²) in [7, 11) is 1.70. The van der Waals surface area contributed by atoms with Crippen LogP contribution in [0.25, 0.3) is 0 Å². The number of aromatic nitrogens is 1. The van der Waals surface area contributed by atoms with Crippen LogP contribution in [0.3, 0.4) is 0 Å². The topological polar surface area (TPSA) is 97.2 Å². The second-order valence-electron chi connectivity index (χ2n) is 4.05. The van der Waals surface area contributed by atoms with Crippen molar-refractivity contribution in [2.75, 3.05) is 17.7 Å². The Morgan fingerprint density at radius 3 is 2.71 bits per heavy atom. The minimum Gasteiger partial charge on any atom is -0.387 e. The predicted molar refractivity (Wildman–Crippen MR) is 82.5 cm³/mol. The van der Waals surface area contributed by atoms with Gasteiger partial charge in [0.2, 0.25) is 0 Å². The SMILES string of the molecule is CNc1ccncc1C(=O)Nc1ccc([N+](=O)[O-])cc1Br. The molecule has 0 fully saturated rings. The number of amides is 1. The van der Waals surface area contributed by atoms with Crippen LogP contribution in [-0.4, -0.2) is 22.9 Å². The highest BCUT2D eigenvalue weighted by Gasteiger charge is 2.14. The van der Waals surface area contributed by atoms with E-state index in [1.165, 1.54) is 24.4 Å². The van der Waals surface area contributed by atoms with Gasteiger partial charge in [-0.15, -0.1) is 0 Å². The number of non-ortho nitro benzene ring substituents is 1. The van der Waals surface area contributed by atoms with Gasteiger partial charge >= 0.3 is 0 Å². The molecule has 0 spiro atoms. The highest BCUT2D eigenvalue weighted by molar-refractivity contribution is 9.10. The molecule has 0 saturated heterocycles. The Balaban J connectivity index is 2.26. The van der Waals surface area contributed by atoms with Crippen LogP contribution in [0.15, 0.2) is 41.1 Å². The van der Waals surface area contributed by atoms with Gasteiger partial charge in [0.25, 0.3) is 11.6 Å². The number of benzene rings is 1. The minimum atomic E-state index is -0.503. The molecule has 1 amide bonds. The summed E-state index contributed by atoms with van der Waals surface area (Å²) < 4.78 is 0.431. The molecule has 0 radical (unpaired) electrons. The molecule has 7 nitrogen and oxygen atoms in total. The number of nitro groups is 1. The zero-order chi connectivity index (χ0) is 15.4. The zero-order valence-electron chi connectivity index (χ0n) is 11.0. The molecule has 2 aromatic rings. The van der Waals surface area contributed by atoms with Crippen LogP contribution in [0.1, 0.15) is 10.4 Å². The number of anilines is 2. The van der Waals surface area contributed by atoms with Crippen molar-refractivity contribution < 1.29 is 9.72 Å². The molecule has 2 rings (SSSR count). The van der Waals surface area contributed by atoms with Gasteiger partial charge in [0, 0.05) is 41.7 Å². The standard InChI is InChI=1S/C13H11BrN4O3/c1-15-11-4-5-16-7-9(11)13(19)17-12-3-2-8(18(20)21)6-10(12)14/h2-7H,1H3,(H,15,16)(H,17,19). The van der Waals surface area contributed by atoms with Crippen molar-refractivity contribution in [3.63, 3.8) is 0 Å². The van der Waals surface area contributed by atoms with Crippen molar-refractivity contribution in [2.45, 2.75) is 0 Å². The minimum absolute atomic E-state index is 0.0582. The van der Waals surface area contributed by atoms with Crippen molar-refractivity contribution in [3.8, 4) is 0 Å². The van der Waals surface area contributed by atoms with E-state index in [2.05, 4.69) is 31.5 Å². The van der Waals surface area contributed by atoms with Crippen molar-refractivity contribution in [3.05, 3.63) is 56.8 Å². The van der Waals surface area contributed by atoms with E-state index in [9.17, 15) is 14.9 Å². The van der Waals surface area contributed by atoms with Crippen molar-refractivity contribution >= 4 is 38.9 Å². The van der Waals surface area contributed by atoms with Gasteiger partial charge in [-0.3, -0.25) is 19.9 Å². The number of carbonyl (C=O) groups excluding carboxylic acids is 1. The van der Waals surface area contributed by atoms with E-state index in [1.807, 2.05) is 0 Å². The second kappa shape index (κ2) is 6.31. The van der Waals surface area contributed by atoms with Gasteiger partial charge in [-0.2, -0.15) is 0 Å². The third kappa shape index (κ3) is 3.34. The number of rotatable bonds is 4. The first-order chi connectivity index (χ1) is 10.0. The summed E-state index contributed by atoms with van der Waals surface area (Å²) in [6.07, 6.45) is 3.02. The molecular formula is C13H11BrN4O3. The first-order valence-electron chi connectivity index (χ1n) is 5.90. The van der Waals surface area contributed by atoms with E-state index < -0.39 is 4.92 Å². The molecule has 2 N–H and O–H groups in total. The number of halogens is 1. The van der Waals surface area contributed by atoms with E-state index in [1.54, 1.807) is 19.3 Å². The lowest BCUT2D eigenvalue weighted by Crippen LogP contribution is -2.14. The second-order valence-corrected chi connectivity index (χ2v) is 4.90. The highest BCUT2D eigenvalue weighted by atomic mass is 79.9. The van der Waals surface area contributed by atoms with Gasteiger partial charge in [-0.1, -0.05) is 0 Å². The van der Waals surface area contributed by atoms with Crippen LogP contribution in [0.4, 0.5) is 17.1 Å². The highest BCUT2D eigenvalue weighted by Crippen LogP contribution is 2.28. The lowest BCUT2D eigenvalue weighted by atomic mass is 10.2. The molecule has 0 aliphatic heterocycles. The van der Waals surface area contributed by atoms with Crippen molar-refractivity contribution in [1.82, 2.24) is 4.98 Å². The van der Waals surface area contributed by atoms with E-state index in [-0.39, 0.29) is 11.6 Å². The molecule has 1 aromatic heterocycles. The van der Waals surface area contributed by atoms with Crippen molar-refractivity contribution in [2.24, 2.45) is 0 Å². The quantitative estimate of drug-likeness (QED) is 0.652. The van der Waals surface area contributed by atoms with Crippen LogP contribution in [0.5, 0.6) is 0 Å². The number of nitrogens with zero attached hydrogens (tertiary/aromatic N) is 2. The molecule has 0 atom stereocenters. The number of nitro benzene ring substituents is 1. The number of pyridine rings is 1. The van der Waals surface area contributed by atoms with Crippen LogP contribution < -0.4 is 10.6 Å². The summed E-state index contributed by atoms with van der Waals surface area (Å²) in [6.45, 7) is 0. The average molecular weight is 351 g/mol. The first-order valence-corrected chi connectivity index (χ1v) is 6.69. The van der Waals surface area contributed by atoms with Crippen molar-refractivity contribution in [1.29, 1.82) is 0 Å². The van der Waals surface area contributed by atoms with Crippen LogP contribution in [0, 0.1) is 10.1 Å². The summed E-state index contributed by atoms with van der Waals surface area (Å²) in [5, 5.41) is 16.3. The van der Waals surface area contributed by atoms with Crippen LogP contribution in [-0.2, 0) is 0 Å². The van der Waals surface area contributed by atoms with E-state index in [0.29, 0.717) is 21.4 Å². The van der Waals surface area contributed by atoms with Crippen LogP contribution >= 0.6 is 15.9 Å². The molecule has 1 heterocycles. The normalized spacial score (nSPS) is 10.0. The summed E-state index contributed by atoms with van der Waals surface area (Å²) in [5.74, 6) is -0.359. The maximum Gasteiger partial charge on any atom is 0.270 e. The van der Waals surface area contributed by atoms with Crippen LogP contribution in [0.2, 0.25) is 0 Å². The fourth-order valence-corrected chi connectivity index (χ4v) is 2.17. The summed E-state index contributed by atoms with van der Waals surface area (Å²) >= 11 is 3.20. The lowest BCUT2D eigenvalue weighted by Gasteiger charge is -2.10. The molecule has 0 bridgehead atoms. The molecule has 0 saturated carbocycles. The molecule has 8 heteroatoms. The summed E-state index contributed by atoms with van der Waals surface area (Å²) in [5.41, 5.74) is 1.40. The number of nitrogens with one attached hydrogen (secondary N) is 2. The third-order valence-electron chi connectivity index (χ3n) is 2.75. The fraction of sp³-hybridized carbons (Fsp3) is 0.0769. The van der Waals surface area contributed by atoms with E-state index in [4.69, 9.17) is 0 Å². The smallest absolute Gasteiger partial charge is 0.270 e. The van der Waals surface area contributed by atoms with Gasteiger partial charge in [-0.05, 0) is 28.1 Å². The van der Waals surface area contributed by atoms with Gasteiger partial charge < -0.3 is 10.6 Å². The van der Waals surface area contributed by atoms with Gasteiger partial charge in [0.1, 0.15) is 0 Å². The maximum absolute atomic E-state index is 12.2. The molecule has 108 valence electrons. The van der Waals surface area contributed by atoms with Gasteiger partial charge in [0.15, 0.2) is 0 Å². The van der Waals surface area contributed by atoms with E-state index in [0.717, 1.165) is 0 Å². The molecule has 0 aliphatic carbocycles. The molecule has 1 aromatic carbocycles. The predicted octanol–water partition coefficient (Wildman–Crippen LogP) is 3.05. The van der Waals surface area contributed by atoms with E-state index >= 15 is 0 Å². The molecule has 0 unspecified atom stereocenters. The first kappa shape index (κ1) is 14.9. The zero-order valence-corrected chi connectivity index (χ0v) is 12.5. The Kier molecular flexibility index (Phi) is 4.49. The lowest BCUT2D eigenvalue weighted by molar-refractivity contribution is -0.384. The Labute approximate surface area is 128 Å². The number of hydrogen-bond acceptors (Lipinski definition) is 5. The average Bonchev–Trinajstić information content (AvgIpc) is 2.48. The Morgan fingerprint density at radius 1 is 1.33 bits per heavy atom. The largest absolute Gasteiger partial charge is 0.387 e. The number of carbonyl (C=O) groups is 1. The Bertz CT molecular complexity index is 706. The number of hydrogen-bond donors (Lipinski definition) is 2. The fourth-order valence-electron chi connectivity index (χ4n) is 1.70. The molecule has 21 heavy (non-hydrogen) atoms. The monoisotopic (exact) mass is 350 g/mol. The third-order valence-corrected chi connectivity index (χ3v) is 3.40. The van der Waals surface area contributed by atoms with Gasteiger partial charge in [-0.25, -0.2) is 0 Å².